The molecule has 1 atom stereocenters. The molecule has 0 aromatic rings. The molecule has 0 radical (unpaired) electrons. The van der Waals surface area contributed by atoms with Crippen molar-refractivity contribution >= 4 is 14.2 Å². The molecule has 1 unspecified atom stereocenters. The van der Waals surface area contributed by atoms with Gasteiger partial charge in [-0.05, 0) is 0 Å². The molecule has 0 saturated carbocycles. The summed E-state index contributed by atoms with van der Waals surface area (Å²) in [4.78, 5) is 11.2. The summed E-state index contributed by atoms with van der Waals surface area (Å²) in [5.41, 5.74) is 0. The molecule has 1 N–H and O–H groups in total. The van der Waals surface area contributed by atoms with E-state index in [2.05, 4.69) is 4.74 Å². The van der Waals surface area contributed by atoms with Crippen molar-refractivity contribution in [2.45, 2.75) is 19.4 Å². The zero-order chi connectivity index (χ0) is 12.6. The lowest BCUT2D eigenvalue weighted by Crippen LogP contribution is -2.51. The van der Waals surface area contributed by atoms with Crippen LogP contribution in [-0.4, -0.2) is 60.0 Å². The summed E-state index contributed by atoms with van der Waals surface area (Å²) in [6.07, 6.45) is 0.567. The van der Waals surface area contributed by atoms with Gasteiger partial charge in [0.2, 0.25) is 5.41 Å². The number of epoxide rings is 1. The molecule has 1 aliphatic heterocycles. The van der Waals surface area contributed by atoms with E-state index >= 15 is 0 Å². The van der Waals surface area contributed by atoms with Crippen LogP contribution in [0.1, 0.15) is 13.3 Å². The highest BCUT2D eigenvalue weighted by atomic mass is 28.4. The van der Waals surface area contributed by atoms with Gasteiger partial charge in [-0.1, -0.05) is 6.92 Å². The van der Waals surface area contributed by atoms with Gasteiger partial charge in [-0.3, -0.25) is 4.79 Å². The van der Waals surface area contributed by atoms with Crippen LogP contribution in [0.3, 0.4) is 0 Å². The Morgan fingerprint density at radius 2 is 1.81 bits per heavy atom. The Bertz CT molecular complexity index is 194. The van der Waals surface area contributed by atoms with Gasteiger partial charge in [-0.15, -0.1) is 0 Å². The average Bonchev–Trinajstić information content (AvgIpc) is 3.16. The topological polar surface area (TPSA) is 77.5 Å². The largest absolute Gasteiger partial charge is 0.573 e. The highest BCUT2D eigenvalue weighted by molar-refractivity contribution is 6.92. The van der Waals surface area contributed by atoms with Crippen molar-refractivity contribution in [1.29, 1.82) is 0 Å². The Kier molecular flexibility index (Phi) is 7.72. The first-order valence-corrected chi connectivity index (χ1v) is 6.73. The monoisotopic (exact) mass is 252 g/mol. The van der Waals surface area contributed by atoms with E-state index in [1.807, 2.05) is 0 Å². The lowest BCUT2D eigenvalue weighted by molar-refractivity contribution is -0.118. The van der Waals surface area contributed by atoms with Crippen molar-refractivity contribution in [3.05, 3.63) is 0 Å². The first-order chi connectivity index (χ1) is 7.60. The number of carbonyl (C=O) groups excluding carboxylic acids is 1. The molecule has 1 rings (SSSR count). The lowest BCUT2D eigenvalue weighted by atomic mass is 10.5. The molecule has 0 aliphatic carbocycles. The quantitative estimate of drug-likeness (QED) is 0.519. The van der Waals surface area contributed by atoms with Gasteiger partial charge in [0.05, 0.1) is 13.2 Å². The molecule has 1 heterocycles. The van der Waals surface area contributed by atoms with Crippen molar-refractivity contribution in [3.63, 3.8) is 0 Å². The predicted octanol–water partition coefficient (Wildman–Crippen LogP) is -0.240. The Morgan fingerprint density at radius 1 is 1.38 bits per heavy atom. The molecular formula is C9H20O6Si. The fourth-order valence-electron chi connectivity index (χ4n) is 0.981. The summed E-state index contributed by atoms with van der Waals surface area (Å²) in [6.45, 7) is 2.71. The minimum absolute atomic E-state index is 0.0926. The van der Waals surface area contributed by atoms with E-state index in [4.69, 9.17) is 18.4 Å². The van der Waals surface area contributed by atoms with Crippen LogP contribution in [0.25, 0.3) is 0 Å². The maximum absolute atomic E-state index is 11.2. The molecule has 0 bridgehead atoms. The van der Waals surface area contributed by atoms with Gasteiger partial charge in [0.25, 0.3) is 0 Å². The highest BCUT2D eigenvalue weighted by Gasteiger charge is 2.46. The molecule has 0 spiro atoms. The first kappa shape index (κ1) is 15.7. The van der Waals surface area contributed by atoms with Crippen LogP contribution in [0.15, 0.2) is 0 Å². The van der Waals surface area contributed by atoms with Crippen molar-refractivity contribution in [2.75, 3.05) is 34.5 Å². The third-order valence-electron chi connectivity index (χ3n) is 2.07. The number of aliphatic hydroxyl groups is 1. The van der Waals surface area contributed by atoms with E-state index < -0.39 is 8.80 Å². The number of hydrogen-bond donors (Lipinski definition) is 1. The summed E-state index contributed by atoms with van der Waals surface area (Å²) >= 11 is 0. The second kappa shape index (κ2) is 7.88. The molecule has 1 aliphatic rings. The molecule has 16 heavy (non-hydrogen) atoms. The molecule has 0 aromatic heterocycles. The maximum Gasteiger partial charge on any atom is 0.573 e. The standard InChI is InChI=1S/C6H14O4Si.C3H6O2/c1-5-6(7)11(8-2,9-3)10-4;4-1-3-2-5-3/h5H2,1-4H3;3-4H,1-2H2. The average molecular weight is 252 g/mol. The second-order valence-corrected chi connectivity index (χ2v) is 5.98. The zero-order valence-electron chi connectivity index (χ0n) is 10.2. The number of rotatable bonds is 6. The van der Waals surface area contributed by atoms with Gasteiger partial charge in [-0.25, -0.2) is 0 Å². The van der Waals surface area contributed by atoms with E-state index in [1.165, 1.54) is 21.3 Å². The van der Waals surface area contributed by atoms with Crippen LogP contribution in [-0.2, 0) is 22.8 Å². The zero-order valence-corrected chi connectivity index (χ0v) is 11.2. The molecule has 1 fully saturated rings. The Morgan fingerprint density at radius 3 is 1.88 bits per heavy atom. The second-order valence-electron chi connectivity index (χ2n) is 3.08. The summed E-state index contributed by atoms with van der Waals surface area (Å²) in [6, 6.07) is 0. The number of carbonyl (C=O) groups is 1. The molecule has 1 saturated heterocycles. The molecule has 0 aromatic carbocycles. The third kappa shape index (κ3) is 4.68. The van der Waals surface area contributed by atoms with Crippen molar-refractivity contribution < 1.29 is 27.9 Å². The summed E-state index contributed by atoms with van der Waals surface area (Å²) in [5, 5.41) is 7.99. The third-order valence-corrected chi connectivity index (χ3v) is 4.72. The van der Waals surface area contributed by atoms with Crippen LogP contribution in [0.4, 0.5) is 0 Å². The fraction of sp³-hybridized carbons (Fsp3) is 0.889. The predicted molar refractivity (Wildman–Crippen MR) is 58.9 cm³/mol. The van der Waals surface area contributed by atoms with Crippen LogP contribution in [0, 0.1) is 0 Å². The smallest absolute Gasteiger partial charge is 0.394 e. The Balaban J connectivity index is 0.000000368. The van der Waals surface area contributed by atoms with Gasteiger partial charge >= 0.3 is 8.80 Å². The first-order valence-electron chi connectivity index (χ1n) is 5.01. The number of ether oxygens (including phenoxy) is 1. The molecular weight excluding hydrogens is 232 g/mol. The Hall–Kier alpha value is -0.313. The van der Waals surface area contributed by atoms with E-state index in [1.54, 1.807) is 6.92 Å². The number of aliphatic hydroxyl groups excluding tert-OH is 1. The maximum atomic E-state index is 11.2. The van der Waals surface area contributed by atoms with Crippen LogP contribution < -0.4 is 0 Å². The lowest BCUT2D eigenvalue weighted by Gasteiger charge is -2.21. The summed E-state index contributed by atoms with van der Waals surface area (Å²) < 4.78 is 19.4. The molecule has 6 nitrogen and oxygen atoms in total. The molecule has 96 valence electrons. The summed E-state index contributed by atoms with van der Waals surface area (Å²) in [5.74, 6) is 0. The van der Waals surface area contributed by atoms with Crippen molar-refractivity contribution in [2.24, 2.45) is 0 Å². The van der Waals surface area contributed by atoms with Gasteiger partial charge in [0.1, 0.15) is 6.10 Å². The van der Waals surface area contributed by atoms with E-state index in [-0.39, 0.29) is 18.1 Å². The summed E-state index contributed by atoms with van der Waals surface area (Å²) in [7, 11) is 1.31. The van der Waals surface area contributed by atoms with Gasteiger partial charge in [0.15, 0.2) is 0 Å². The number of hydrogen-bond acceptors (Lipinski definition) is 6. The minimum Gasteiger partial charge on any atom is -0.394 e. The molecule has 7 heteroatoms. The van der Waals surface area contributed by atoms with E-state index in [9.17, 15) is 4.79 Å². The van der Waals surface area contributed by atoms with E-state index in [0.717, 1.165) is 6.61 Å². The SMILES string of the molecule is CCC(=O)[Si](OC)(OC)OC.OCC1CO1. The minimum atomic E-state index is -2.96. The molecule has 0 amide bonds. The van der Waals surface area contributed by atoms with Crippen LogP contribution in [0.2, 0.25) is 0 Å². The van der Waals surface area contributed by atoms with Gasteiger partial charge in [0, 0.05) is 27.8 Å². The van der Waals surface area contributed by atoms with Crippen LogP contribution in [0.5, 0.6) is 0 Å². The van der Waals surface area contributed by atoms with E-state index in [0.29, 0.717) is 6.42 Å². The van der Waals surface area contributed by atoms with Gasteiger partial charge < -0.3 is 23.1 Å². The fourth-order valence-corrected chi connectivity index (χ4v) is 2.60. The van der Waals surface area contributed by atoms with Gasteiger partial charge in [-0.2, -0.15) is 0 Å². The van der Waals surface area contributed by atoms with Crippen molar-refractivity contribution in [1.82, 2.24) is 0 Å². The normalized spacial score (nSPS) is 18.7. The van der Waals surface area contributed by atoms with Crippen molar-refractivity contribution in [3.8, 4) is 0 Å². The van der Waals surface area contributed by atoms with Crippen LogP contribution >= 0.6 is 0 Å². The Labute approximate surface area is 96.8 Å². The highest BCUT2D eigenvalue weighted by Crippen LogP contribution is 2.08.